The predicted molar refractivity (Wildman–Crippen MR) is 79.6 cm³/mol. The van der Waals surface area contributed by atoms with E-state index in [4.69, 9.17) is 9.47 Å². The summed E-state index contributed by atoms with van der Waals surface area (Å²) >= 11 is 0. The number of carbonyl (C=O) groups excluding carboxylic acids is 1. The Hall–Kier alpha value is -1.75. The van der Waals surface area contributed by atoms with Crippen molar-refractivity contribution in [3.63, 3.8) is 0 Å². The number of ether oxygens (including phenoxy) is 2. The smallest absolute Gasteiger partial charge is 0.226 e. The van der Waals surface area contributed by atoms with Gasteiger partial charge in [-0.05, 0) is 24.8 Å². The summed E-state index contributed by atoms with van der Waals surface area (Å²) in [5.41, 5.74) is 0.851. The van der Waals surface area contributed by atoms with Gasteiger partial charge in [0.1, 0.15) is 11.5 Å². The molecule has 1 fully saturated rings. The summed E-state index contributed by atoms with van der Waals surface area (Å²) in [5.74, 6) is 1.85. The second-order valence-corrected chi connectivity index (χ2v) is 5.62. The van der Waals surface area contributed by atoms with Gasteiger partial charge in [0.05, 0.1) is 26.7 Å². The molecule has 0 bridgehead atoms. The highest BCUT2D eigenvalue weighted by atomic mass is 16.5. The molecular formula is C16H23NO4. The summed E-state index contributed by atoms with van der Waals surface area (Å²) in [7, 11) is 4.99. The molecular weight excluding hydrogens is 270 g/mol. The van der Waals surface area contributed by atoms with Crippen LogP contribution in [0.2, 0.25) is 0 Å². The Morgan fingerprint density at radius 3 is 2.62 bits per heavy atom. The molecule has 1 saturated carbocycles. The summed E-state index contributed by atoms with van der Waals surface area (Å²) in [6.45, 7) is 0.703. The maximum absolute atomic E-state index is 12.3. The molecule has 0 spiro atoms. The molecule has 1 aliphatic rings. The Balaban J connectivity index is 1.95. The second-order valence-electron chi connectivity index (χ2n) is 5.62. The number of hydrogen-bond acceptors (Lipinski definition) is 4. The van der Waals surface area contributed by atoms with Crippen LogP contribution in [-0.2, 0) is 11.2 Å². The van der Waals surface area contributed by atoms with Crippen LogP contribution in [-0.4, -0.2) is 49.8 Å². The Bertz CT molecular complexity index is 497. The van der Waals surface area contributed by atoms with E-state index in [2.05, 4.69) is 0 Å². The van der Waals surface area contributed by atoms with Crippen LogP contribution in [0, 0.1) is 5.92 Å². The van der Waals surface area contributed by atoms with Gasteiger partial charge in [-0.3, -0.25) is 4.79 Å². The molecule has 0 aliphatic heterocycles. The minimum atomic E-state index is -0.180. The minimum Gasteiger partial charge on any atom is -0.497 e. The zero-order valence-electron chi connectivity index (χ0n) is 12.8. The maximum Gasteiger partial charge on any atom is 0.226 e. The van der Waals surface area contributed by atoms with Crippen molar-refractivity contribution in [3.8, 4) is 11.5 Å². The van der Waals surface area contributed by atoms with Crippen LogP contribution in [0.1, 0.15) is 18.4 Å². The lowest BCUT2D eigenvalue weighted by molar-refractivity contribution is -0.130. The fraction of sp³-hybridized carbons (Fsp3) is 0.562. The van der Waals surface area contributed by atoms with Crippen LogP contribution in [0.5, 0.6) is 11.5 Å². The molecule has 1 amide bonds. The highest BCUT2D eigenvalue weighted by Crippen LogP contribution is 2.28. The first-order valence-corrected chi connectivity index (χ1v) is 7.16. The molecule has 0 radical (unpaired) electrons. The van der Waals surface area contributed by atoms with Gasteiger partial charge in [-0.15, -0.1) is 0 Å². The number of aliphatic hydroxyl groups is 1. The van der Waals surface area contributed by atoms with E-state index in [-0.39, 0.29) is 12.0 Å². The first kappa shape index (κ1) is 15.6. The Labute approximate surface area is 125 Å². The van der Waals surface area contributed by atoms with Crippen LogP contribution in [0.25, 0.3) is 0 Å². The molecule has 0 saturated heterocycles. The second kappa shape index (κ2) is 6.80. The van der Waals surface area contributed by atoms with Crippen molar-refractivity contribution >= 4 is 5.91 Å². The number of rotatable bonds is 6. The summed E-state index contributed by atoms with van der Waals surface area (Å²) in [6.07, 6.45) is 1.71. The molecule has 1 aliphatic carbocycles. The first-order chi connectivity index (χ1) is 10.0. The summed E-state index contributed by atoms with van der Waals surface area (Å²) in [6, 6.07) is 5.47. The van der Waals surface area contributed by atoms with Crippen molar-refractivity contribution in [2.24, 2.45) is 5.92 Å². The summed E-state index contributed by atoms with van der Waals surface area (Å²) < 4.78 is 10.5. The monoisotopic (exact) mass is 293 g/mol. The van der Waals surface area contributed by atoms with Crippen LogP contribution in [0.15, 0.2) is 18.2 Å². The molecule has 5 nitrogen and oxygen atoms in total. The third kappa shape index (κ3) is 3.88. The van der Waals surface area contributed by atoms with E-state index in [0.29, 0.717) is 30.4 Å². The third-order valence-electron chi connectivity index (χ3n) is 4.00. The van der Waals surface area contributed by atoms with Gasteiger partial charge >= 0.3 is 0 Å². The van der Waals surface area contributed by atoms with E-state index in [0.717, 1.165) is 18.4 Å². The lowest BCUT2D eigenvalue weighted by Gasteiger charge is -2.34. The average Bonchev–Trinajstić information content (AvgIpc) is 2.45. The first-order valence-electron chi connectivity index (χ1n) is 7.16. The topological polar surface area (TPSA) is 59.0 Å². The van der Waals surface area contributed by atoms with Crippen molar-refractivity contribution in [2.45, 2.75) is 25.4 Å². The van der Waals surface area contributed by atoms with Crippen LogP contribution in [0.3, 0.4) is 0 Å². The zero-order valence-corrected chi connectivity index (χ0v) is 12.8. The van der Waals surface area contributed by atoms with Gasteiger partial charge in [0.2, 0.25) is 5.91 Å². The number of benzene rings is 1. The normalized spacial score (nSPS) is 20.6. The molecule has 5 heteroatoms. The van der Waals surface area contributed by atoms with Crippen molar-refractivity contribution in [3.05, 3.63) is 23.8 Å². The molecule has 0 unspecified atom stereocenters. The minimum absolute atomic E-state index is 0.0554. The predicted octanol–water partition coefficient (Wildman–Crippen LogP) is 1.48. The van der Waals surface area contributed by atoms with Gasteiger partial charge in [-0.25, -0.2) is 0 Å². The standard InChI is InChI=1S/C16H23NO4/c1-17(10-11-6-13(18)7-11)16(19)8-12-4-5-14(20-2)9-15(12)21-3/h4-5,9,11,13,18H,6-8,10H2,1-3H3. The fourth-order valence-electron chi connectivity index (χ4n) is 2.63. The molecule has 0 aromatic heterocycles. The van der Waals surface area contributed by atoms with Crippen LogP contribution >= 0.6 is 0 Å². The highest BCUT2D eigenvalue weighted by molar-refractivity contribution is 5.79. The quantitative estimate of drug-likeness (QED) is 0.863. The van der Waals surface area contributed by atoms with E-state index in [1.165, 1.54) is 0 Å². The van der Waals surface area contributed by atoms with Gasteiger partial charge in [0.15, 0.2) is 0 Å². The number of hydrogen-bond donors (Lipinski definition) is 1. The van der Waals surface area contributed by atoms with E-state index in [1.54, 1.807) is 25.2 Å². The van der Waals surface area contributed by atoms with E-state index < -0.39 is 0 Å². The van der Waals surface area contributed by atoms with Gasteiger partial charge < -0.3 is 19.5 Å². The fourth-order valence-corrected chi connectivity index (χ4v) is 2.63. The van der Waals surface area contributed by atoms with Crippen molar-refractivity contribution in [1.82, 2.24) is 4.90 Å². The van der Waals surface area contributed by atoms with Crippen molar-refractivity contribution < 1.29 is 19.4 Å². The molecule has 21 heavy (non-hydrogen) atoms. The largest absolute Gasteiger partial charge is 0.497 e. The van der Waals surface area contributed by atoms with Crippen LogP contribution < -0.4 is 9.47 Å². The molecule has 116 valence electrons. The SMILES string of the molecule is COc1ccc(CC(=O)N(C)CC2CC(O)C2)c(OC)c1. The highest BCUT2D eigenvalue weighted by Gasteiger charge is 2.29. The molecule has 1 N–H and O–H groups in total. The van der Waals surface area contributed by atoms with Gasteiger partial charge in [0, 0.05) is 25.2 Å². The lowest BCUT2D eigenvalue weighted by atomic mass is 9.82. The Morgan fingerprint density at radius 1 is 1.33 bits per heavy atom. The number of carbonyl (C=O) groups is 1. The third-order valence-corrected chi connectivity index (χ3v) is 4.00. The van der Waals surface area contributed by atoms with E-state index in [9.17, 15) is 9.90 Å². The molecule has 0 atom stereocenters. The van der Waals surface area contributed by atoms with Gasteiger partial charge in [-0.1, -0.05) is 6.07 Å². The summed E-state index contributed by atoms with van der Waals surface area (Å²) in [4.78, 5) is 14.0. The van der Waals surface area contributed by atoms with E-state index in [1.807, 2.05) is 19.2 Å². The molecule has 1 aromatic carbocycles. The average molecular weight is 293 g/mol. The number of nitrogens with zero attached hydrogens (tertiary/aromatic N) is 1. The number of amides is 1. The maximum atomic E-state index is 12.3. The van der Waals surface area contributed by atoms with Gasteiger partial charge in [-0.2, -0.15) is 0 Å². The van der Waals surface area contributed by atoms with Crippen molar-refractivity contribution in [1.29, 1.82) is 0 Å². The van der Waals surface area contributed by atoms with E-state index >= 15 is 0 Å². The lowest BCUT2D eigenvalue weighted by Crippen LogP contribution is -2.40. The van der Waals surface area contributed by atoms with Crippen molar-refractivity contribution in [2.75, 3.05) is 27.8 Å². The Morgan fingerprint density at radius 2 is 2.05 bits per heavy atom. The molecule has 2 rings (SSSR count). The molecule has 0 heterocycles. The number of methoxy groups -OCH3 is 2. The number of aliphatic hydroxyl groups excluding tert-OH is 1. The zero-order chi connectivity index (χ0) is 15.4. The van der Waals surface area contributed by atoms with Crippen LogP contribution in [0.4, 0.5) is 0 Å². The number of likely N-dealkylation sites (N-methyl/N-ethyl adjacent to an activating group) is 1. The van der Waals surface area contributed by atoms with Gasteiger partial charge in [0.25, 0.3) is 0 Å². The molecule has 1 aromatic rings. The summed E-state index contributed by atoms with van der Waals surface area (Å²) in [5, 5.41) is 9.29. The Kier molecular flexibility index (Phi) is 5.07.